The topological polar surface area (TPSA) is 26.3 Å². The van der Waals surface area contributed by atoms with Gasteiger partial charge in [-0.1, -0.05) is 37.5 Å². The van der Waals surface area contributed by atoms with Crippen molar-refractivity contribution in [1.82, 2.24) is 0 Å². The zero-order valence-corrected chi connectivity index (χ0v) is 11.0. The molecule has 2 fully saturated rings. The highest BCUT2D eigenvalue weighted by Crippen LogP contribution is 2.50. The average Bonchev–Trinajstić information content (AvgIpc) is 2.46. The van der Waals surface area contributed by atoms with Gasteiger partial charge < -0.3 is 4.74 Å². The molecule has 0 aromatic heterocycles. The Bertz CT molecular complexity index is 477. The predicted molar refractivity (Wildman–Crippen MR) is 70.1 cm³/mol. The lowest BCUT2D eigenvalue weighted by molar-refractivity contribution is -0.171. The van der Waals surface area contributed by atoms with Crippen LogP contribution in [0, 0.1) is 11.2 Å². The van der Waals surface area contributed by atoms with Crippen molar-refractivity contribution in [2.24, 2.45) is 5.41 Å². The van der Waals surface area contributed by atoms with Gasteiger partial charge in [-0.25, -0.2) is 4.39 Å². The average molecular weight is 262 g/mol. The fourth-order valence-electron chi connectivity index (χ4n) is 3.42. The molecule has 1 atom stereocenters. The Morgan fingerprint density at radius 2 is 1.95 bits per heavy atom. The zero-order valence-electron chi connectivity index (χ0n) is 11.0. The maximum Gasteiger partial charge on any atom is 0.144 e. The first-order valence-corrected chi connectivity index (χ1v) is 7.11. The van der Waals surface area contributed by atoms with Crippen molar-refractivity contribution < 1.29 is 13.9 Å². The Labute approximate surface area is 113 Å². The summed E-state index contributed by atoms with van der Waals surface area (Å²) in [6, 6.07) is 6.67. The summed E-state index contributed by atoms with van der Waals surface area (Å²) in [6.07, 6.45) is 5.86. The van der Waals surface area contributed by atoms with Crippen LogP contribution in [0.2, 0.25) is 0 Å². The highest BCUT2D eigenvalue weighted by Gasteiger charge is 2.55. The van der Waals surface area contributed by atoms with Crippen LogP contribution >= 0.6 is 0 Å². The number of ketones is 1. The third-order valence-electron chi connectivity index (χ3n) is 4.69. The molecule has 0 radical (unpaired) electrons. The number of rotatable bonds is 3. The lowest BCUT2D eigenvalue weighted by atomic mass is 9.57. The van der Waals surface area contributed by atoms with Crippen molar-refractivity contribution in [3.63, 3.8) is 0 Å². The van der Waals surface area contributed by atoms with Gasteiger partial charge in [0.25, 0.3) is 0 Å². The molecule has 102 valence electrons. The standard InChI is InChI=1S/C16H19FO2/c17-13-7-3-2-6-12(13)11-19-15-10-14(18)16(15)8-4-1-5-9-16/h2-3,6-7,15H,1,4-5,8-11H2. The van der Waals surface area contributed by atoms with Crippen LogP contribution in [0.1, 0.15) is 44.1 Å². The monoisotopic (exact) mass is 262 g/mol. The lowest BCUT2D eigenvalue weighted by Crippen LogP contribution is -2.56. The van der Waals surface area contributed by atoms with Crippen molar-refractivity contribution in [3.05, 3.63) is 35.6 Å². The van der Waals surface area contributed by atoms with Crippen LogP contribution in [0.4, 0.5) is 4.39 Å². The fraction of sp³-hybridized carbons (Fsp3) is 0.562. The van der Waals surface area contributed by atoms with E-state index in [1.54, 1.807) is 12.1 Å². The number of benzene rings is 1. The molecule has 2 saturated carbocycles. The molecule has 0 amide bonds. The summed E-state index contributed by atoms with van der Waals surface area (Å²) in [5.41, 5.74) is 0.344. The molecule has 0 saturated heterocycles. The van der Waals surface area contributed by atoms with E-state index < -0.39 is 0 Å². The molecule has 0 bridgehead atoms. The minimum Gasteiger partial charge on any atom is -0.372 e. The summed E-state index contributed by atoms with van der Waals surface area (Å²) in [5, 5.41) is 0. The van der Waals surface area contributed by atoms with E-state index in [1.165, 1.54) is 12.5 Å². The van der Waals surface area contributed by atoms with E-state index in [1.807, 2.05) is 6.07 Å². The molecule has 0 aliphatic heterocycles. The SMILES string of the molecule is O=C1CC(OCc2ccccc2F)C12CCCCC2. The smallest absolute Gasteiger partial charge is 0.144 e. The van der Waals surface area contributed by atoms with E-state index in [0.717, 1.165) is 25.7 Å². The van der Waals surface area contributed by atoms with Crippen molar-refractivity contribution >= 4 is 5.78 Å². The number of hydrogen-bond donors (Lipinski definition) is 0. The zero-order chi connectivity index (χ0) is 13.3. The summed E-state index contributed by atoms with van der Waals surface area (Å²) in [5.74, 6) is 0.122. The first kappa shape index (κ1) is 12.8. The Morgan fingerprint density at radius 1 is 1.21 bits per heavy atom. The Morgan fingerprint density at radius 3 is 2.63 bits per heavy atom. The third-order valence-corrected chi connectivity index (χ3v) is 4.69. The molecular formula is C16H19FO2. The van der Waals surface area contributed by atoms with Crippen LogP contribution in [0.25, 0.3) is 0 Å². The van der Waals surface area contributed by atoms with Gasteiger partial charge in [0.1, 0.15) is 11.6 Å². The largest absolute Gasteiger partial charge is 0.372 e. The van der Waals surface area contributed by atoms with E-state index in [4.69, 9.17) is 4.74 Å². The molecular weight excluding hydrogens is 243 g/mol. The molecule has 1 unspecified atom stereocenters. The Kier molecular flexibility index (Phi) is 3.40. The van der Waals surface area contributed by atoms with Gasteiger partial charge >= 0.3 is 0 Å². The molecule has 1 aromatic rings. The first-order valence-electron chi connectivity index (χ1n) is 7.11. The number of ether oxygens (including phenoxy) is 1. The van der Waals surface area contributed by atoms with Crippen LogP contribution in [0.15, 0.2) is 24.3 Å². The number of carbonyl (C=O) groups excluding carboxylic acids is 1. The van der Waals surface area contributed by atoms with Gasteiger partial charge in [-0.15, -0.1) is 0 Å². The summed E-state index contributed by atoms with van der Waals surface area (Å²) in [7, 11) is 0. The van der Waals surface area contributed by atoms with Crippen LogP contribution in [-0.2, 0) is 16.1 Å². The molecule has 3 rings (SSSR count). The van der Waals surface area contributed by atoms with Crippen LogP contribution in [0.3, 0.4) is 0 Å². The number of halogens is 1. The minimum absolute atomic E-state index is 0.0000869. The quantitative estimate of drug-likeness (QED) is 0.831. The van der Waals surface area contributed by atoms with E-state index in [2.05, 4.69) is 0 Å². The van der Waals surface area contributed by atoms with Gasteiger partial charge in [-0.3, -0.25) is 4.79 Å². The lowest BCUT2D eigenvalue weighted by Gasteiger charge is -2.49. The molecule has 2 nitrogen and oxygen atoms in total. The Balaban J connectivity index is 1.64. The fourth-order valence-corrected chi connectivity index (χ4v) is 3.42. The summed E-state index contributed by atoms with van der Waals surface area (Å²) < 4.78 is 19.4. The number of Topliss-reactive ketones (excluding diaryl/α,β-unsaturated/α-hetero) is 1. The third kappa shape index (κ3) is 2.20. The molecule has 19 heavy (non-hydrogen) atoms. The Hall–Kier alpha value is -1.22. The van der Waals surface area contributed by atoms with E-state index in [-0.39, 0.29) is 23.9 Å². The van der Waals surface area contributed by atoms with Gasteiger partial charge in [-0.05, 0) is 18.9 Å². The molecule has 0 heterocycles. The summed E-state index contributed by atoms with van der Waals surface area (Å²) in [4.78, 5) is 11.9. The van der Waals surface area contributed by atoms with Gasteiger partial charge in [0, 0.05) is 12.0 Å². The first-order chi connectivity index (χ1) is 9.22. The summed E-state index contributed by atoms with van der Waals surface area (Å²) >= 11 is 0. The van der Waals surface area contributed by atoms with Gasteiger partial charge in [-0.2, -0.15) is 0 Å². The normalized spacial score (nSPS) is 25.3. The molecule has 3 heteroatoms. The highest BCUT2D eigenvalue weighted by molar-refractivity contribution is 5.92. The molecule has 0 N–H and O–H groups in total. The maximum atomic E-state index is 13.5. The van der Waals surface area contributed by atoms with Crippen LogP contribution in [-0.4, -0.2) is 11.9 Å². The van der Waals surface area contributed by atoms with Gasteiger partial charge in [0.2, 0.25) is 0 Å². The second-order valence-electron chi connectivity index (χ2n) is 5.74. The van der Waals surface area contributed by atoms with Crippen molar-refractivity contribution in [3.8, 4) is 0 Å². The van der Waals surface area contributed by atoms with Crippen molar-refractivity contribution in [1.29, 1.82) is 0 Å². The summed E-state index contributed by atoms with van der Waals surface area (Å²) in [6.45, 7) is 0.270. The van der Waals surface area contributed by atoms with E-state index >= 15 is 0 Å². The van der Waals surface area contributed by atoms with Crippen LogP contribution in [0.5, 0.6) is 0 Å². The maximum absolute atomic E-state index is 13.5. The molecule has 1 spiro atoms. The number of hydrogen-bond acceptors (Lipinski definition) is 2. The van der Waals surface area contributed by atoms with Crippen molar-refractivity contribution in [2.45, 2.75) is 51.2 Å². The number of carbonyl (C=O) groups is 1. The predicted octanol–water partition coefficient (Wildman–Crippen LogP) is 3.63. The second-order valence-corrected chi connectivity index (χ2v) is 5.74. The highest BCUT2D eigenvalue weighted by atomic mass is 19.1. The molecule has 2 aliphatic rings. The molecule has 2 aliphatic carbocycles. The van der Waals surface area contributed by atoms with E-state index in [0.29, 0.717) is 17.8 Å². The minimum atomic E-state index is -0.233. The van der Waals surface area contributed by atoms with Gasteiger partial charge in [0.05, 0.1) is 18.1 Å². The van der Waals surface area contributed by atoms with Gasteiger partial charge in [0.15, 0.2) is 0 Å². The van der Waals surface area contributed by atoms with Crippen LogP contribution < -0.4 is 0 Å². The second kappa shape index (κ2) is 5.04. The van der Waals surface area contributed by atoms with Crippen molar-refractivity contribution in [2.75, 3.05) is 0 Å². The van der Waals surface area contributed by atoms with E-state index in [9.17, 15) is 9.18 Å². The molecule has 1 aromatic carbocycles.